The highest BCUT2D eigenvalue weighted by molar-refractivity contribution is 9.11. The van der Waals surface area contributed by atoms with Crippen LogP contribution in [0.2, 0.25) is 0 Å². The summed E-state index contributed by atoms with van der Waals surface area (Å²) >= 11 is 4.49. The Morgan fingerprint density at radius 1 is 1.53 bits per heavy atom. The van der Waals surface area contributed by atoms with Crippen molar-refractivity contribution >= 4 is 37.3 Å². The molecular weight excluding hydrogens is 350 g/mol. The quantitative estimate of drug-likeness (QED) is 0.812. The number of halogens is 1. The monoisotopic (exact) mass is 367 g/mol. The minimum absolute atomic E-state index is 0.134. The third-order valence-electron chi connectivity index (χ3n) is 3.88. The number of hydrogen-bond acceptors (Lipinski definition) is 4. The van der Waals surface area contributed by atoms with Crippen molar-refractivity contribution in [1.29, 1.82) is 0 Å². The van der Waals surface area contributed by atoms with Crippen molar-refractivity contribution in [2.75, 3.05) is 6.54 Å². The Morgan fingerprint density at radius 3 is 2.58 bits per heavy atom. The number of thiophene rings is 1. The molecule has 1 saturated carbocycles. The van der Waals surface area contributed by atoms with Crippen LogP contribution in [-0.2, 0) is 16.6 Å². The van der Waals surface area contributed by atoms with Gasteiger partial charge in [0.1, 0.15) is 4.90 Å². The number of nitrogens with one attached hydrogen (secondary N) is 1. The standard InChI is InChI=1S/C12H18BrNO3S2/c1-8(2)12(3-4-12)7-14-19(16,17)10-5-9(6-15)18-11(10)13/h5,8,14-15H,3-4,6-7H2,1-2H3. The number of aliphatic hydroxyl groups is 1. The first-order chi connectivity index (χ1) is 8.81. The highest BCUT2D eigenvalue weighted by atomic mass is 79.9. The molecule has 0 aromatic carbocycles. The van der Waals surface area contributed by atoms with Gasteiger partial charge in [0.25, 0.3) is 0 Å². The van der Waals surface area contributed by atoms with Crippen LogP contribution in [0.25, 0.3) is 0 Å². The van der Waals surface area contributed by atoms with Crippen LogP contribution in [0.1, 0.15) is 31.6 Å². The predicted octanol–water partition coefficient (Wildman–Crippen LogP) is 2.72. The molecule has 0 bridgehead atoms. The maximum Gasteiger partial charge on any atom is 0.242 e. The van der Waals surface area contributed by atoms with Crippen LogP contribution >= 0.6 is 27.3 Å². The van der Waals surface area contributed by atoms with Gasteiger partial charge < -0.3 is 5.11 Å². The number of rotatable bonds is 6. The fraction of sp³-hybridized carbons (Fsp3) is 0.667. The summed E-state index contributed by atoms with van der Waals surface area (Å²) in [6, 6.07) is 1.52. The van der Waals surface area contributed by atoms with E-state index in [1.165, 1.54) is 17.4 Å². The molecule has 108 valence electrons. The molecule has 0 saturated heterocycles. The Balaban J connectivity index is 2.12. The molecule has 0 atom stereocenters. The maximum absolute atomic E-state index is 12.3. The molecule has 7 heteroatoms. The highest BCUT2D eigenvalue weighted by Gasteiger charge is 2.45. The SMILES string of the molecule is CC(C)C1(CNS(=O)(=O)c2cc(CO)sc2Br)CC1. The lowest BCUT2D eigenvalue weighted by Gasteiger charge is -2.19. The molecule has 1 heterocycles. The summed E-state index contributed by atoms with van der Waals surface area (Å²) in [4.78, 5) is 0.860. The molecule has 0 spiro atoms. The lowest BCUT2D eigenvalue weighted by molar-refractivity contribution is 0.285. The van der Waals surface area contributed by atoms with Gasteiger partial charge in [0.2, 0.25) is 10.0 Å². The molecule has 1 fully saturated rings. The van der Waals surface area contributed by atoms with E-state index in [9.17, 15) is 8.42 Å². The van der Waals surface area contributed by atoms with E-state index in [2.05, 4.69) is 34.5 Å². The average Bonchev–Trinajstić information content (AvgIpc) is 3.04. The molecule has 0 aliphatic heterocycles. The fourth-order valence-corrected chi connectivity index (χ4v) is 5.77. The van der Waals surface area contributed by atoms with Gasteiger partial charge >= 0.3 is 0 Å². The van der Waals surface area contributed by atoms with Crippen LogP contribution < -0.4 is 4.72 Å². The van der Waals surface area contributed by atoms with Gasteiger partial charge in [0.05, 0.1) is 10.4 Å². The Hall–Kier alpha value is 0.0500. The molecule has 0 unspecified atom stereocenters. The highest BCUT2D eigenvalue weighted by Crippen LogP contribution is 2.51. The molecule has 2 rings (SSSR count). The Bertz CT molecular complexity index is 562. The number of sulfonamides is 1. The van der Waals surface area contributed by atoms with E-state index in [4.69, 9.17) is 5.11 Å². The second kappa shape index (κ2) is 5.44. The van der Waals surface area contributed by atoms with E-state index in [1.54, 1.807) is 0 Å². The summed E-state index contributed by atoms with van der Waals surface area (Å²) in [5.74, 6) is 0.481. The Morgan fingerprint density at radius 2 is 2.16 bits per heavy atom. The van der Waals surface area contributed by atoms with E-state index in [0.717, 1.165) is 12.8 Å². The zero-order valence-electron chi connectivity index (χ0n) is 10.9. The van der Waals surface area contributed by atoms with Crippen molar-refractivity contribution in [3.05, 3.63) is 14.7 Å². The summed E-state index contributed by atoms with van der Waals surface area (Å²) < 4.78 is 27.8. The lowest BCUT2D eigenvalue weighted by atomic mass is 9.93. The molecular formula is C12H18BrNO3S2. The largest absolute Gasteiger partial charge is 0.391 e. The van der Waals surface area contributed by atoms with E-state index in [1.807, 2.05) is 0 Å². The summed E-state index contributed by atoms with van der Waals surface area (Å²) in [5.41, 5.74) is 0.134. The molecule has 2 N–H and O–H groups in total. The molecule has 4 nitrogen and oxygen atoms in total. The van der Waals surface area contributed by atoms with Gasteiger partial charge in [-0.2, -0.15) is 0 Å². The second-order valence-electron chi connectivity index (χ2n) is 5.35. The zero-order valence-corrected chi connectivity index (χ0v) is 14.2. The van der Waals surface area contributed by atoms with Crippen LogP contribution in [0, 0.1) is 11.3 Å². The Labute approximate surface area is 126 Å². The molecule has 1 aliphatic carbocycles. The second-order valence-corrected chi connectivity index (χ2v) is 9.54. The number of hydrogen-bond donors (Lipinski definition) is 2. The minimum Gasteiger partial charge on any atom is -0.391 e. The molecule has 1 aliphatic rings. The fourth-order valence-electron chi connectivity index (χ4n) is 2.09. The molecule has 1 aromatic rings. The van der Waals surface area contributed by atoms with E-state index in [0.29, 0.717) is 21.1 Å². The summed E-state index contributed by atoms with van der Waals surface area (Å²) in [5, 5.41) is 9.06. The van der Waals surface area contributed by atoms with Crippen molar-refractivity contribution < 1.29 is 13.5 Å². The van der Waals surface area contributed by atoms with Crippen LogP contribution in [0.4, 0.5) is 0 Å². The van der Waals surface area contributed by atoms with Gasteiger partial charge in [0.15, 0.2) is 0 Å². The van der Waals surface area contributed by atoms with Gasteiger partial charge in [-0.15, -0.1) is 11.3 Å². The van der Waals surface area contributed by atoms with Crippen LogP contribution in [0.5, 0.6) is 0 Å². The average molecular weight is 368 g/mol. The van der Waals surface area contributed by atoms with Gasteiger partial charge in [0, 0.05) is 11.4 Å². The minimum atomic E-state index is -3.50. The topological polar surface area (TPSA) is 66.4 Å². The van der Waals surface area contributed by atoms with Crippen LogP contribution in [0.3, 0.4) is 0 Å². The molecule has 0 amide bonds. The van der Waals surface area contributed by atoms with Gasteiger partial charge in [-0.05, 0) is 46.2 Å². The van der Waals surface area contributed by atoms with Gasteiger partial charge in [-0.25, -0.2) is 13.1 Å². The third-order valence-corrected chi connectivity index (χ3v) is 7.52. The first-order valence-corrected chi connectivity index (χ1v) is 9.29. The molecule has 19 heavy (non-hydrogen) atoms. The van der Waals surface area contributed by atoms with E-state index >= 15 is 0 Å². The third kappa shape index (κ3) is 3.21. The smallest absolute Gasteiger partial charge is 0.242 e. The van der Waals surface area contributed by atoms with Crippen molar-refractivity contribution in [2.45, 2.75) is 38.2 Å². The van der Waals surface area contributed by atoms with Crippen molar-refractivity contribution in [1.82, 2.24) is 4.72 Å². The number of aliphatic hydroxyl groups excluding tert-OH is 1. The summed E-state index contributed by atoms with van der Waals surface area (Å²) in [7, 11) is -3.50. The summed E-state index contributed by atoms with van der Waals surface area (Å²) in [6.45, 7) is 4.61. The predicted molar refractivity (Wildman–Crippen MR) is 79.6 cm³/mol. The van der Waals surface area contributed by atoms with Crippen molar-refractivity contribution in [3.63, 3.8) is 0 Å². The van der Waals surface area contributed by atoms with Crippen molar-refractivity contribution in [3.8, 4) is 0 Å². The van der Waals surface area contributed by atoms with Crippen molar-refractivity contribution in [2.24, 2.45) is 11.3 Å². The first-order valence-electron chi connectivity index (χ1n) is 6.19. The van der Waals surface area contributed by atoms with Gasteiger partial charge in [-0.3, -0.25) is 0 Å². The molecule has 1 aromatic heterocycles. The summed E-state index contributed by atoms with van der Waals surface area (Å²) in [6.07, 6.45) is 2.17. The Kier molecular flexibility index (Phi) is 4.42. The maximum atomic E-state index is 12.3. The van der Waals surface area contributed by atoms with Crippen LogP contribution in [0.15, 0.2) is 14.7 Å². The normalized spacial score (nSPS) is 17.9. The van der Waals surface area contributed by atoms with Crippen LogP contribution in [-0.4, -0.2) is 20.1 Å². The molecule has 0 radical (unpaired) electrons. The van der Waals surface area contributed by atoms with E-state index < -0.39 is 10.0 Å². The first kappa shape index (κ1) is 15.4. The van der Waals surface area contributed by atoms with Gasteiger partial charge in [-0.1, -0.05) is 13.8 Å². The van der Waals surface area contributed by atoms with E-state index in [-0.39, 0.29) is 16.9 Å². The lowest BCUT2D eigenvalue weighted by Crippen LogP contribution is -2.32. The zero-order chi connectivity index (χ0) is 14.3.